The highest BCUT2D eigenvalue weighted by molar-refractivity contribution is 5.69. The molecule has 0 rings (SSSR count). The molecule has 2 heteroatoms. The van der Waals surface area contributed by atoms with Gasteiger partial charge in [-0.1, -0.05) is 92.5 Å². The van der Waals surface area contributed by atoms with E-state index in [2.05, 4.69) is 80.3 Å². The topological polar surface area (TPSA) is 26.3 Å². The van der Waals surface area contributed by atoms with Crippen LogP contribution in [0.25, 0.3) is 0 Å². The van der Waals surface area contributed by atoms with Gasteiger partial charge in [0.15, 0.2) is 0 Å². The predicted molar refractivity (Wildman–Crippen MR) is 119 cm³/mol. The molecule has 0 radical (unpaired) electrons. The van der Waals surface area contributed by atoms with Crippen molar-refractivity contribution in [1.82, 2.24) is 0 Å². The van der Waals surface area contributed by atoms with Crippen LogP contribution in [0.15, 0.2) is 85.6 Å². The molecule has 27 heavy (non-hydrogen) atoms. The number of carbonyl (C=O) groups is 1. The molecular formula is C25H36O2. The Morgan fingerprint density at radius 2 is 1.11 bits per heavy atom. The van der Waals surface area contributed by atoms with E-state index in [1.165, 1.54) is 0 Å². The van der Waals surface area contributed by atoms with Gasteiger partial charge in [-0.3, -0.25) is 4.79 Å². The Morgan fingerprint density at radius 1 is 0.704 bits per heavy atom. The number of esters is 1. The zero-order chi connectivity index (χ0) is 19.8. The minimum absolute atomic E-state index is 0.172. The first-order valence-corrected chi connectivity index (χ1v) is 9.97. The number of rotatable bonds is 16. The Kier molecular flexibility index (Phi) is 19.8. The van der Waals surface area contributed by atoms with Crippen molar-refractivity contribution in [2.24, 2.45) is 0 Å². The summed E-state index contributed by atoms with van der Waals surface area (Å²) in [6.07, 6.45) is 34.7. The Balaban J connectivity index is 3.55. The molecule has 0 spiro atoms. The maximum absolute atomic E-state index is 11.2. The van der Waals surface area contributed by atoms with Crippen LogP contribution in [-0.4, -0.2) is 12.6 Å². The van der Waals surface area contributed by atoms with Gasteiger partial charge in [-0.15, -0.1) is 0 Å². The summed E-state index contributed by atoms with van der Waals surface area (Å²) in [6, 6.07) is 0. The summed E-state index contributed by atoms with van der Waals surface area (Å²) in [5.41, 5.74) is 0. The van der Waals surface area contributed by atoms with Crippen molar-refractivity contribution in [3.8, 4) is 0 Å². The second-order valence-electron chi connectivity index (χ2n) is 5.93. The van der Waals surface area contributed by atoms with Crippen LogP contribution in [0.1, 0.15) is 58.3 Å². The first kappa shape index (κ1) is 24.7. The van der Waals surface area contributed by atoms with Gasteiger partial charge in [-0.25, -0.2) is 0 Å². The molecule has 0 aromatic carbocycles. The lowest BCUT2D eigenvalue weighted by Gasteiger charge is -1.98. The maximum Gasteiger partial charge on any atom is 0.306 e. The van der Waals surface area contributed by atoms with Crippen molar-refractivity contribution in [3.63, 3.8) is 0 Å². The van der Waals surface area contributed by atoms with E-state index in [4.69, 9.17) is 4.74 Å². The van der Waals surface area contributed by atoms with E-state index in [0.717, 1.165) is 44.9 Å². The van der Waals surface area contributed by atoms with E-state index >= 15 is 0 Å². The molecule has 0 aromatic heterocycles. The van der Waals surface area contributed by atoms with Gasteiger partial charge in [-0.2, -0.15) is 0 Å². The highest BCUT2D eigenvalue weighted by Gasteiger charge is 1.97. The lowest BCUT2D eigenvalue weighted by atomic mass is 10.2. The van der Waals surface area contributed by atoms with Crippen LogP contribution in [0, 0.1) is 0 Å². The van der Waals surface area contributed by atoms with Crippen LogP contribution in [0.3, 0.4) is 0 Å². The molecule has 148 valence electrons. The van der Waals surface area contributed by atoms with E-state index in [-0.39, 0.29) is 5.97 Å². The molecule has 0 atom stereocenters. The van der Waals surface area contributed by atoms with Crippen molar-refractivity contribution in [3.05, 3.63) is 85.6 Å². The van der Waals surface area contributed by atoms with Gasteiger partial charge >= 0.3 is 5.97 Å². The van der Waals surface area contributed by atoms with E-state index in [0.29, 0.717) is 13.0 Å². The molecule has 0 heterocycles. The van der Waals surface area contributed by atoms with Crippen LogP contribution in [0.2, 0.25) is 0 Å². The summed E-state index contributed by atoms with van der Waals surface area (Å²) in [5.74, 6) is -0.172. The molecular weight excluding hydrogens is 332 g/mol. The Bertz CT molecular complexity index is 531. The fourth-order valence-corrected chi connectivity index (χ4v) is 2.06. The molecule has 0 amide bonds. The summed E-state index contributed by atoms with van der Waals surface area (Å²) < 4.78 is 4.91. The van der Waals surface area contributed by atoms with Gasteiger partial charge < -0.3 is 4.74 Å². The number of hydrogen-bond acceptors (Lipinski definition) is 2. The summed E-state index contributed by atoms with van der Waals surface area (Å²) in [5, 5.41) is 0. The van der Waals surface area contributed by atoms with Gasteiger partial charge in [0.2, 0.25) is 0 Å². The molecule has 0 saturated carbocycles. The Morgan fingerprint density at radius 3 is 1.52 bits per heavy atom. The monoisotopic (exact) mass is 368 g/mol. The smallest absolute Gasteiger partial charge is 0.306 e. The molecule has 0 aliphatic carbocycles. The highest BCUT2D eigenvalue weighted by Crippen LogP contribution is 1.98. The third kappa shape index (κ3) is 21.6. The number of allylic oxidation sites excluding steroid dienone is 12. The molecule has 0 aromatic rings. The first-order chi connectivity index (χ1) is 13.3. The average Bonchev–Trinajstić information content (AvgIpc) is 2.68. The largest absolute Gasteiger partial charge is 0.461 e. The number of hydrogen-bond donors (Lipinski definition) is 0. The van der Waals surface area contributed by atoms with E-state index < -0.39 is 0 Å². The molecule has 0 bridgehead atoms. The predicted octanol–water partition coefficient (Wildman–Crippen LogP) is 7.19. The third-order valence-corrected chi connectivity index (χ3v) is 3.47. The summed E-state index contributed by atoms with van der Waals surface area (Å²) in [6.45, 7) is 5.95. The minimum atomic E-state index is -0.172. The van der Waals surface area contributed by atoms with Gasteiger partial charge in [-0.05, 0) is 44.9 Å². The van der Waals surface area contributed by atoms with Crippen LogP contribution in [0.4, 0.5) is 0 Å². The summed E-state index contributed by atoms with van der Waals surface area (Å²) in [4.78, 5) is 11.2. The van der Waals surface area contributed by atoms with Crippen molar-refractivity contribution in [1.29, 1.82) is 0 Å². The van der Waals surface area contributed by atoms with Gasteiger partial charge in [0.25, 0.3) is 0 Å². The van der Waals surface area contributed by atoms with Crippen LogP contribution >= 0.6 is 0 Å². The fraction of sp³-hybridized carbons (Fsp3) is 0.400. The SMILES string of the molecule is C=CCOC(=O)CC/C=C\C/C=C\C/C=C\C/C=C\C/C=C\C/C=C\CC. The lowest BCUT2D eigenvalue weighted by Crippen LogP contribution is -2.02. The molecule has 0 N–H and O–H groups in total. The zero-order valence-electron chi connectivity index (χ0n) is 16.9. The molecule has 0 aliphatic rings. The molecule has 0 aliphatic heterocycles. The molecule has 2 nitrogen and oxygen atoms in total. The van der Waals surface area contributed by atoms with Crippen molar-refractivity contribution >= 4 is 5.97 Å². The van der Waals surface area contributed by atoms with Crippen LogP contribution in [-0.2, 0) is 9.53 Å². The normalized spacial score (nSPS) is 12.6. The molecule has 0 saturated heterocycles. The van der Waals surface area contributed by atoms with Gasteiger partial charge in [0, 0.05) is 6.42 Å². The zero-order valence-corrected chi connectivity index (χ0v) is 16.9. The van der Waals surface area contributed by atoms with Crippen molar-refractivity contribution in [2.45, 2.75) is 58.3 Å². The van der Waals surface area contributed by atoms with E-state index in [1.54, 1.807) is 6.08 Å². The van der Waals surface area contributed by atoms with Crippen LogP contribution in [0.5, 0.6) is 0 Å². The van der Waals surface area contributed by atoms with Gasteiger partial charge in [0.1, 0.15) is 6.61 Å². The minimum Gasteiger partial charge on any atom is -0.461 e. The fourth-order valence-electron chi connectivity index (χ4n) is 2.06. The summed E-state index contributed by atoms with van der Waals surface area (Å²) in [7, 11) is 0. The Labute approximate surface area is 166 Å². The standard InChI is InChI=1S/C25H36O2/c1-3-5-6-7-8-9-10-11-12-13-14-15-16-17-18-19-20-21-22-23-25(26)27-24-4-2/h4-6,8-9,11-12,14-15,17-18,20-21H,2-3,7,10,13,16,19,22-24H2,1H3/b6-5-,9-8-,12-11-,15-14-,18-17-,21-20-. The second-order valence-corrected chi connectivity index (χ2v) is 5.93. The quantitative estimate of drug-likeness (QED) is 0.213. The van der Waals surface area contributed by atoms with Crippen molar-refractivity contribution < 1.29 is 9.53 Å². The molecule has 0 unspecified atom stereocenters. The Hall–Kier alpha value is -2.35. The van der Waals surface area contributed by atoms with E-state index in [9.17, 15) is 4.79 Å². The molecule has 0 fully saturated rings. The highest BCUT2D eigenvalue weighted by atomic mass is 16.5. The van der Waals surface area contributed by atoms with Gasteiger partial charge in [0.05, 0.1) is 0 Å². The third-order valence-electron chi connectivity index (χ3n) is 3.47. The average molecular weight is 369 g/mol. The lowest BCUT2D eigenvalue weighted by molar-refractivity contribution is -0.142. The van der Waals surface area contributed by atoms with Crippen molar-refractivity contribution in [2.75, 3.05) is 6.61 Å². The number of ether oxygens (including phenoxy) is 1. The van der Waals surface area contributed by atoms with Crippen LogP contribution < -0.4 is 0 Å². The second kappa shape index (κ2) is 21.7. The summed E-state index contributed by atoms with van der Waals surface area (Å²) >= 11 is 0. The first-order valence-electron chi connectivity index (χ1n) is 9.97. The van der Waals surface area contributed by atoms with E-state index in [1.807, 2.05) is 6.08 Å². The number of carbonyl (C=O) groups excluding carboxylic acids is 1. The maximum atomic E-state index is 11.2.